The van der Waals surface area contributed by atoms with Crippen LogP contribution in [0.25, 0.3) is 0 Å². The van der Waals surface area contributed by atoms with Crippen molar-refractivity contribution in [3.8, 4) is 0 Å². The van der Waals surface area contributed by atoms with Crippen molar-refractivity contribution in [3.63, 3.8) is 0 Å². The van der Waals surface area contributed by atoms with Crippen molar-refractivity contribution in [1.29, 1.82) is 0 Å². The van der Waals surface area contributed by atoms with Crippen LogP contribution in [-0.2, 0) is 4.74 Å². The quantitative estimate of drug-likeness (QED) is 0.549. The van der Waals surface area contributed by atoms with Gasteiger partial charge in [-0.1, -0.05) is 47.5 Å². The van der Waals surface area contributed by atoms with Crippen LogP contribution in [0.3, 0.4) is 0 Å². The monoisotopic (exact) mass is 236 g/mol. The second-order valence-corrected chi connectivity index (χ2v) is 3.27. The van der Waals surface area contributed by atoms with Crippen LogP contribution in [0.1, 0.15) is 11.1 Å². The molecule has 76 valence electrons. The second-order valence-electron chi connectivity index (χ2n) is 3.27. The smallest absolute Gasteiger partial charge is 0.386 e. The van der Waals surface area contributed by atoms with Gasteiger partial charge >= 0.3 is 51.4 Å². The van der Waals surface area contributed by atoms with Gasteiger partial charge in [0.25, 0.3) is 0 Å². The van der Waals surface area contributed by atoms with E-state index in [1.165, 1.54) is 0 Å². The van der Waals surface area contributed by atoms with Crippen LogP contribution in [0.2, 0.25) is 0 Å². The van der Waals surface area contributed by atoms with E-state index in [4.69, 9.17) is 4.74 Å². The average Bonchev–Trinajstić information content (AvgIpc) is 2.33. The minimum absolute atomic E-state index is 0. The van der Waals surface area contributed by atoms with Crippen LogP contribution >= 0.6 is 0 Å². The van der Waals surface area contributed by atoms with E-state index < -0.39 is 0 Å². The molecule has 0 fully saturated rings. The van der Waals surface area contributed by atoms with Gasteiger partial charge in [-0.2, -0.15) is 0 Å². The summed E-state index contributed by atoms with van der Waals surface area (Å²) in [5.41, 5.74) is 2.21. The fraction of sp³-hybridized carbons (Fsp3) is 0.0714. The fourth-order valence-corrected chi connectivity index (χ4v) is 1.58. The number of hydrogen-bond donors (Lipinski definition) is 0. The molecule has 0 aliphatic rings. The van der Waals surface area contributed by atoms with Crippen molar-refractivity contribution in [2.24, 2.45) is 0 Å². The molecule has 0 atom stereocenters. The molecular formula is C14H13KO. The van der Waals surface area contributed by atoms with Crippen molar-refractivity contribution in [2.75, 3.05) is 7.11 Å². The molecule has 0 bridgehead atoms. The van der Waals surface area contributed by atoms with Gasteiger partial charge < -0.3 is 4.74 Å². The van der Waals surface area contributed by atoms with E-state index in [0.29, 0.717) is 0 Å². The minimum atomic E-state index is 0. The molecule has 0 aliphatic heterocycles. The van der Waals surface area contributed by atoms with Crippen LogP contribution in [0.4, 0.5) is 0 Å². The SMILES string of the molecule is CO[C-](c1ccccc1)c1ccccc1.[K+]. The molecule has 0 amide bonds. The van der Waals surface area contributed by atoms with E-state index in [0.717, 1.165) is 17.2 Å². The van der Waals surface area contributed by atoms with Crippen molar-refractivity contribution in [2.45, 2.75) is 0 Å². The standard InChI is InChI=1S/C14H13O.K/c1-15-14(12-8-4-2-5-9-12)13-10-6-3-7-11-13;/h2-11H,1H3;/q-1;+1. The van der Waals surface area contributed by atoms with E-state index in [2.05, 4.69) is 0 Å². The predicted molar refractivity (Wildman–Crippen MR) is 61.3 cm³/mol. The van der Waals surface area contributed by atoms with Crippen LogP contribution in [0, 0.1) is 6.10 Å². The molecule has 2 aromatic carbocycles. The van der Waals surface area contributed by atoms with E-state index in [9.17, 15) is 0 Å². The summed E-state index contributed by atoms with van der Waals surface area (Å²) < 4.78 is 5.44. The largest absolute Gasteiger partial charge is 1.00 e. The molecule has 2 heteroatoms. The summed E-state index contributed by atoms with van der Waals surface area (Å²) in [6.07, 6.45) is 0.913. The molecule has 2 aromatic rings. The van der Waals surface area contributed by atoms with Crippen LogP contribution in [0.15, 0.2) is 60.7 Å². The van der Waals surface area contributed by atoms with Crippen molar-refractivity contribution in [1.82, 2.24) is 0 Å². The molecule has 0 spiro atoms. The maximum atomic E-state index is 5.44. The summed E-state index contributed by atoms with van der Waals surface area (Å²) in [7, 11) is 1.70. The zero-order valence-electron chi connectivity index (χ0n) is 9.68. The van der Waals surface area contributed by atoms with E-state index >= 15 is 0 Å². The van der Waals surface area contributed by atoms with Gasteiger partial charge in [-0.15, -0.1) is 24.3 Å². The number of benzene rings is 2. The molecule has 1 nitrogen and oxygen atoms in total. The minimum Gasteiger partial charge on any atom is -0.386 e. The third-order valence-corrected chi connectivity index (χ3v) is 2.28. The maximum Gasteiger partial charge on any atom is 1.00 e. The van der Waals surface area contributed by atoms with Crippen LogP contribution < -0.4 is 51.4 Å². The molecule has 0 saturated carbocycles. The Morgan fingerprint density at radius 2 is 1.12 bits per heavy atom. The summed E-state index contributed by atoms with van der Waals surface area (Å²) in [4.78, 5) is 0. The van der Waals surface area contributed by atoms with Gasteiger partial charge in [0.2, 0.25) is 0 Å². The summed E-state index contributed by atoms with van der Waals surface area (Å²) in [6.45, 7) is 0. The van der Waals surface area contributed by atoms with Gasteiger partial charge in [-0.3, -0.25) is 0 Å². The first-order chi connectivity index (χ1) is 7.42. The number of methoxy groups -OCH3 is 1. The summed E-state index contributed by atoms with van der Waals surface area (Å²) in [6, 6.07) is 20.2. The topological polar surface area (TPSA) is 9.23 Å². The van der Waals surface area contributed by atoms with Gasteiger partial charge in [0.05, 0.1) is 0 Å². The molecule has 0 aliphatic carbocycles. The zero-order chi connectivity index (χ0) is 10.5. The predicted octanol–water partition coefficient (Wildman–Crippen LogP) is 0.265. The first kappa shape index (κ1) is 14.0. The summed E-state index contributed by atoms with van der Waals surface area (Å²) in [5, 5.41) is 0. The molecule has 0 aromatic heterocycles. The number of rotatable bonds is 3. The van der Waals surface area contributed by atoms with Crippen molar-refractivity contribution < 1.29 is 56.1 Å². The molecule has 16 heavy (non-hydrogen) atoms. The van der Waals surface area contributed by atoms with Gasteiger partial charge in [0.1, 0.15) is 0 Å². The Hall–Kier alpha value is -0.0936. The molecule has 0 heterocycles. The summed E-state index contributed by atoms with van der Waals surface area (Å²) in [5.74, 6) is 0. The summed E-state index contributed by atoms with van der Waals surface area (Å²) >= 11 is 0. The molecule has 0 N–H and O–H groups in total. The average molecular weight is 236 g/mol. The van der Waals surface area contributed by atoms with E-state index in [-0.39, 0.29) is 51.4 Å². The molecule has 2 rings (SSSR count). The van der Waals surface area contributed by atoms with E-state index in [1.807, 2.05) is 60.7 Å². The fourth-order valence-electron chi connectivity index (χ4n) is 1.58. The normalized spacial score (nSPS) is 9.31. The van der Waals surface area contributed by atoms with Gasteiger partial charge in [-0.25, -0.2) is 0 Å². The number of hydrogen-bond acceptors (Lipinski definition) is 1. The Morgan fingerprint density at radius 1 is 0.750 bits per heavy atom. The third-order valence-electron chi connectivity index (χ3n) is 2.28. The molecule has 0 saturated heterocycles. The molecule has 0 unspecified atom stereocenters. The van der Waals surface area contributed by atoms with Crippen LogP contribution in [-0.4, -0.2) is 7.11 Å². The van der Waals surface area contributed by atoms with Crippen molar-refractivity contribution >= 4 is 0 Å². The van der Waals surface area contributed by atoms with Gasteiger partial charge in [-0.05, 0) is 0 Å². The third kappa shape index (κ3) is 3.45. The zero-order valence-corrected chi connectivity index (χ0v) is 12.8. The van der Waals surface area contributed by atoms with Crippen molar-refractivity contribution in [3.05, 3.63) is 77.9 Å². The maximum absolute atomic E-state index is 5.44. The Morgan fingerprint density at radius 3 is 1.44 bits per heavy atom. The molecular weight excluding hydrogens is 223 g/mol. The Labute approximate surface area is 139 Å². The molecule has 0 radical (unpaired) electrons. The van der Waals surface area contributed by atoms with Gasteiger partial charge in [0.15, 0.2) is 0 Å². The second kappa shape index (κ2) is 7.27. The Bertz CT molecular complexity index is 360. The Kier molecular flexibility index (Phi) is 6.35. The van der Waals surface area contributed by atoms with Crippen LogP contribution in [0.5, 0.6) is 0 Å². The Balaban J connectivity index is 0.00000128. The van der Waals surface area contributed by atoms with Gasteiger partial charge in [0, 0.05) is 13.2 Å². The first-order valence-corrected chi connectivity index (χ1v) is 4.93. The number of ether oxygens (including phenoxy) is 1. The first-order valence-electron chi connectivity index (χ1n) is 4.93. The van der Waals surface area contributed by atoms with E-state index in [1.54, 1.807) is 7.11 Å².